The van der Waals surface area contributed by atoms with Gasteiger partial charge in [-0.2, -0.15) is 0 Å². The number of carbonyl (C=O) groups excluding carboxylic acids is 2. The van der Waals surface area contributed by atoms with Crippen LogP contribution >= 0.6 is 23.4 Å². The smallest absolute Gasteiger partial charge is 0.265 e. The molecule has 0 bridgehead atoms. The number of hydrogen-bond donors (Lipinski definition) is 0. The fraction of sp³-hybridized carbons (Fsp3) is 0.176. The summed E-state index contributed by atoms with van der Waals surface area (Å²) in [7, 11) is 0. The molecule has 5 nitrogen and oxygen atoms in total. The van der Waals surface area contributed by atoms with Crippen LogP contribution in [0.25, 0.3) is 6.08 Å². The number of anilines is 1. The summed E-state index contributed by atoms with van der Waals surface area (Å²) >= 11 is 7.68. The Morgan fingerprint density at radius 2 is 1.49 bits per heavy atom. The van der Waals surface area contributed by atoms with E-state index in [1.165, 1.54) is 17.3 Å². The molecule has 1 fully saturated rings. The number of nitrogens with zero attached hydrogens (tertiary/aromatic N) is 3. The zero-order valence-electron chi connectivity index (χ0n) is 22.6. The van der Waals surface area contributed by atoms with E-state index < -0.39 is 0 Å². The van der Waals surface area contributed by atoms with Gasteiger partial charge in [-0.25, -0.2) is 0 Å². The van der Waals surface area contributed by atoms with E-state index in [2.05, 4.69) is 29.2 Å². The summed E-state index contributed by atoms with van der Waals surface area (Å²) in [4.78, 5) is 34.6. The first-order valence-electron chi connectivity index (χ1n) is 13.7. The number of benzene rings is 4. The molecule has 0 N–H and O–H groups in total. The lowest BCUT2D eigenvalue weighted by molar-refractivity contribution is -0.114. The van der Waals surface area contributed by atoms with E-state index in [0.29, 0.717) is 35.1 Å². The van der Waals surface area contributed by atoms with Gasteiger partial charge in [-0.1, -0.05) is 90.1 Å². The Hall–Kier alpha value is -3.84. The van der Waals surface area contributed by atoms with Crippen molar-refractivity contribution in [3.8, 4) is 0 Å². The number of rotatable bonds is 6. The number of fused-ring (bicyclic) bond motifs is 1. The molecular formula is C34H30ClN3O2S. The Morgan fingerprint density at radius 1 is 0.780 bits per heavy atom. The van der Waals surface area contributed by atoms with E-state index in [-0.39, 0.29) is 11.8 Å². The van der Waals surface area contributed by atoms with Gasteiger partial charge >= 0.3 is 0 Å². The molecule has 0 aliphatic carbocycles. The lowest BCUT2D eigenvalue weighted by Gasteiger charge is -2.34. The second-order valence-electron chi connectivity index (χ2n) is 10.3. The predicted octanol–water partition coefficient (Wildman–Crippen LogP) is 6.98. The molecule has 4 aromatic carbocycles. The van der Waals surface area contributed by atoms with Crippen LogP contribution in [0.4, 0.5) is 5.69 Å². The molecule has 2 heterocycles. The molecule has 2 amide bonds. The van der Waals surface area contributed by atoms with Crippen molar-refractivity contribution >= 4 is 46.9 Å². The molecule has 4 aromatic rings. The normalized spacial score (nSPS) is 16.6. The van der Waals surface area contributed by atoms with Crippen LogP contribution in [0, 0.1) is 0 Å². The highest BCUT2D eigenvalue weighted by molar-refractivity contribution is 8.04. The van der Waals surface area contributed by atoms with Crippen molar-refractivity contribution in [1.82, 2.24) is 9.80 Å². The molecule has 0 aromatic heterocycles. The average molecular weight is 580 g/mol. The van der Waals surface area contributed by atoms with Crippen molar-refractivity contribution in [1.29, 1.82) is 0 Å². The summed E-state index contributed by atoms with van der Waals surface area (Å²) in [5.74, 6) is -0.00416. The Balaban J connectivity index is 1.13. The van der Waals surface area contributed by atoms with Crippen molar-refractivity contribution in [3.05, 3.63) is 135 Å². The van der Waals surface area contributed by atoms with Gasteiger partial charge in [0.1, 0.15) is 0 Å². The molecule has 2 aliphatic rings. The van der Waals surface area contributed by atoms with Crippen LogP contribution in [0.15, 0.2) is 113 Å². The standard InChI is InChI=1S/C34H30ClN3O2S/c35-29-10-6-9-27(21-29)24-38-30-11-4-5-12-31(30)41-32(34(38)40)22-25-13-15-28(16-14-25)33(39)37-19-17-36(18-20-37)23-26-7-2-1-3-8-26/h1-16,21-22H,17-20,23-24H2/b32-22+. The molecule has 6 rings (SSSR count). The second kappa shape index (κ2) is 12.4. The van der Waals surface area contributed by atoms with Gasteiger partial charge in [0, 0.05) is 48.2 Å². The lowest BCUT2D eigenvalue weighted by atomic mass is 10.1. The molecule has 206 valence electrons. The highest BCUT2D eigenvalue weighted by atomic mass is 35.5. The van der Waals surface area contributed by atoms with Gasteiger partial charge < -0.3 is 9.80 Å². The molecule has 2 aliphatic heterocycles. The Morgan fingerprint density at radius 3 is 2.24 bits per heavy atom. The Bertz CT molecular complexity index is 1580. The van der Waals surface area contributed by atoms with Gasteiger partial charge in [-0.05, 0) is 59.2 Å². The van der Waals surface area contributed by atoms with E-state index in [4.69, 9.17) is 11.6 Å². The van der Waals surface area contributed by atoms with Crippen LogP contribution < -0.4 is 4.90 Å². The monoisotopic (exact) mass is 579 g/mol. The van der Waals surface area contributed by atoms with Gasteiger partial charge in [-0.15, -0.1) is 0 Å². The summed E-state index contributed by atoms with van der Waals surface area (Å²) in [5.41, 5.74) is 4.70. The van der Waals surface area contributed by atoms with Crippen LogP contribution in [-0.2, 0) is 17.9 Å². The molecule has 7 heteroatoms. The predicted molar refractivity (Wildman–Crippen MR) is 167 cm³/mol. The van der Waals surface area contributed by atoms with Crippen LogP contribution in [0.3, 0.4) is 0 Å². The third kappa shape index (κ3) is 6.41. The third-order valence-corrected chi connectivity index (χ3v) is 8.74. The Kier molecular flexibility index (Phi) is 8.23. The minimum absolute atomic E-state index is 0.0494. The summed E-state index contributed by atoms with van der Waals surface area (Å²) < 4.78 is 0. The number of para-hydroxylation sites is 1. The van der Waals surface area contributed by atoms with Gasteiger partial charge in [0.2, 0.25) is 0 Å². The number of hydrogen-bond acceptors (Lipinski definition) is 4. The van der Waals surface area contributed by atoms with E-state index in [1.807, 2.05) is 89.8 Å². The third-order valence-electron chi connectivity index (χ3n) is 7.43. The van der Waals surface area contributed by atoms with Gasteiger partial charge in [0.15, 0.2) is 0 Å². The fourth-order valence-electron chi connectivity index (χ4n) is 5.24. The van der Waals surface area contributed by atoms with Crippen molar-refractivity contribution in [2.45, 2.75) is 18.0 Å². The summed E-state index contributed by atoms with van der Waals surface area (Å²) in [6, 6.07) is 33.5. The van der Waals surface area contributed by atoms with Crippen LogP contribution in [0.2, 0.25) is 5.02 Å². The maximum absolute atomic E-state index is 13.6. The second-order valence-corrected chi connectivity index (χ2v) is 11.8. The zero-order valence-corrected chi connectivity index (χ0v) is 24.2. The molecule has 0 radical (unpaired) electrons. The van der Waals surface area contributed by atoms with Crippen LogP contribution in [-0.4, -0.2) is 47.8 Å². The molecule has 0 atom stereocenters. The number of amides is 2. The summed E-state index contributed by atoms with van der Waals surface area (Å²) in [6.07, 6.45) is 1.91. The quantitative estimate of drug-likeness (QED) is 0.231. The van der Waals surface area contributed by atoms with Gasteiger partial charge in [-0.3, -0.25) is 14.5 Å². The van der Waals surface area contributed by atoms with Crippen LogP contribution in [0.5, 0.6) is 0 Å². The highest BCUT2D eigenvalue weighted by Gasteiger charge is 2.29. The van der Waals surface area contributed by atoms with Gasteiger partial charge in [0.25, 0.3) is 11.8 Å². The minimum Gasteiger partial charge on any atom is -0.336 e. The van der Waals surface area contributed by atoms with Crippen LogP contribution in [0.1, 0.15) is 27.0 Å². The lowest BCUT2D eigenvalue weighted by Crippen LogP contribution is -2.48. The largest absolute Gasteiger partial charge is 0.336 e. The van der Waals surface area contributed by atoms with E-state index in [0.717, 1.165) is 41.3 Å². The van der Waals surface area contributed by atoms with E-state index in [1.54, 1.807) is 4.90 Å². The fourth-order valence-corrected chi connectivity index (χ4v) is 6.52. The average Bonchev–Trinajstić information content (AvgIpc) is 3.00. The van der Waals surface area contributed by atoms with Crippen molar-refractivity contribution in [2.75, 3.05) is 31.1 Å². The topological polar surface area (TPSA) is 43.9 Å². The van der Waals surface area contributed by atoms with Crippen molar-refractivity contribution in [2.24, 2.45) is 0 Å². The molecule has 0 saturated carbocycles. The molecule has 41 heavy (non-hydrogen) atoms. The molecule has 0 unspecified atom stereocenters. The van der Waals surface area contributed by atoms with E-state index >= 15 is 0 Å². The first-order valence-corrected chi connectivity index (χ1v) is 14.9. The van der Waals surface area contributed by atoms with E-state index in [9.17, 15) is 9.59 Å². The Labute approximate surface area is 250 Å². The van der Waals surface area contributed by atoms with Crippen molar-refractivity contribution < 1.29 is 9.59 Å². The number of thioether (sulfide) groups is 1. The maximum Gasteiger partial charge on any atom is 0.265 e. The first kappa shape index (κ1) is 27.3. The maximum atomic E-state index is 13.6. The molecule has 0 spiro atoms. The summed E-state index contributed by atoms with van der Waals surface area (Å²) in [5, 5.41) is 0.647. The highest BCUT2D eigenvalue weighted by Crippen LogP contribution is 2.42. The van der Waals surface area contributed by atoms with Gasteiger partial charge in [0.05, 0.1) is 17.1 Å². The summed E-state index contributed by atoms with van der Waals surface area (Å²) in [6.45, 7) is 4.48. The first-order chi connectivity index (χ1) is 20.0. The number of halogens is 1. The minimum atomic E-state index is -0.0535. The number of carbonyl (C=O) groups is 2. The zero-order chi connectivity index (χ0) is 28.2. The number of piperazine rings is 1. The SMILES string of the molecule is O=C(c1ccc(/C=C2/Sc3ccccc3N(Cc3cccc(Cl)c3)C2=O)cc1)N1CCN(Cc2ccccc2)CC1. The molecular weight excluding hydrogens is 550 g/mol. The van der Waals surface area contributed by atoms with Crippen molar-refractivity contribution in [3.63, 3.8) is 0 Å². The molecule has 1 saturated heterocycles.